The Labute approximate surface area is 215 Å². The number of thiophene rings is 1. The molecule has 0 spiro atoms. The van der Waals surface area contributed by atoms with E-state index < -0.39 is 17.4 Å². The van der Waals surface area contributed by atoms with Gasteiger partial charge in [-0.25, -0.2) is 4.79 Å². The molecule has 0 saturated carbocycles. The average Bonchev–Trinajstić information content (AvgIpc) is 3.52. The van der Waals surface area contributed by atoms with E-state index in [1.165, 1.54) is 10.8 Å². The van der Waals surface area contributed by atoms with E-state index >= 15 is 0 Å². The number of anilines is 1. The normalized spacial score (nSPS) is 12.3. The van der Waals surface area contributed by atoms with Crippen molar-refractivity contribution in [1.29, 1.82) is 0 Å². The Bertz CT molecular complexity index is 1640. The lowest BCUT2D eigenvalue weighted by Crippen LogP contribution is -2.25. The highest BCUT2D eigenvalue weighted by molar-refractivity contribution is 7.16. The predicted octanol–water partition coefficient (Wildman–Crippen LogP) is 4.62. The van der Waals surface area contributed by atoms with Crippen molar-refractivity contribution in [1.82, 2.24) is 9.78 Å². The smallest absolute Gasteiger partial charge is 0.359 e. The van der Waals surface area contributed by atoms with Gasteiger partial charge < -0.3 is 19.5 Å². The van der Waals surface area contributed by atoms with Gasteiger partial charge >= 0.3 is 5.97 Å². The number of fused-ring (bicyclic) bond motifs is 2. The van der Waals surface area contributed by atoms with Gasteiger partial charge in [0.2, 0.25) is 12.7 Å². The lowest BCUT2D eigenvalue weighted by molar-refractivity contribution is -0.111. The number of aryl methyl sites for hydroxylation is 2. The lowest BCUT2D eigenvalue weighted by atomic mass is 10.1. The highest BCUT2D eigenvalue weighted by atomic mass is 32.1. The molecule has 0 bridgehead atoms. The molecule has 9 nitrogen and oxygen atoms in total. The summed E-state index contributed by atoms with van der Waals surface area (Å²) in [7, 11) is 0. The third-order valence-corrected chi connectivity index (χ3v) is 6.81. The van der Waals surface area contributed by atoms with Crippen molar-refractivity contribution < 1.29 is 23.8 Å². The second kappa shape index (κ2) is 9.90. The molecule has 0 unspecified atom stereocenters. The second-order valence-corrected chi connectivity index (χ2v) is 9.22. The minimum Gasteiger partial charge on any atom is -0.461 e. The van der Waals surface area contributed by atoms with Crippen LogP contribution in [-0.4, -0.2) is 35.1 Å². The predicted molar refractivity (Wildman–Crippen MR) is 141 cm³/mol. The van der Waals surface area contributed by atoms with Gasteiger partial charge in [0.05, 0.1) is 17.7 Å². The number of nitrogens with zero attached hydrogens (tertiary/aromatic N) is 2. The molecule has 1 amide bonds. The highest BCUT2D eigenvalue weighted by Gasteiger charge is 2.23. The fraction of sp³-hybridized carbons (Fsp3) is 0.185. The number of carbonyl (C=O) groups excluding carboxylic acids is 2. The maximum absolute atomic E-state index is 13.6. The van der Waals surface area contributed by atoms with Gasteiger partial charge in [0, 0.05) is 16.8 Å². The molecule has 2 aromatic heterocycles. The van der Waals surface area contributed by atoms with Gasteiger partial charge in [-0.1, -0.05) is 12.1 Å². The van der Waals surface area contributed by atoms with Crippen molar-refractivity contribution in [2.24, 2.45) is 0 Å². The second-order valence-electron chi connectivity index (χ2n) is 8.34. The van der Waals surface area contributed by atoms with E-state index in [0.29, 0.717) is 27.6 Å². The van der Waals surface area contributed by atoms with Crippen LogP contribution in [0.15, 0.2) is 52.6 Å². The fourth-order valence-corrected chi connectivity index (χ4v) is 4.81. The van der Waals surface area contributed by atoms with E-state index in [-0.39, 0.29) is 24.5 Å². The maximum Gasteiger partial charge on any atom is 0.359 e. The maximum atomic E-state index is 13.6. The summed E-state index contributed by atoms with van der Waals surface area (Å²) in [6.45, 7) is 5.91. The van der Waals surface area contributed by atoms with Gasteiger partial charge in [0.1, 0.15) is 5.00 Å². The Hall–Kier alpha value is -4.44. The van der Waals surface area contributed by atoms with E-state index in [1.54, 1.807) is 42.6 Å². The van der Waals surface area contributed by atoms with Crippen molar-refractivity contribution >= 4 is 45.1 Å². The summed E-state index contributed by atoms with van der Waals surface area (Å²) in [6, 6.07) is 10.8. The minimum absolute atomic E-state index is 0.00216. The standard InChI is InChI=1S/C27H23N3O6S/c1-4-34-27(33)24-19-13-37-25(23(19)26(32)30(29-24)18-8-5-15(2)16(3)11-18)28-22(31)10-7-17-6-9-20-21(12-17)36-14-35-20/h5-13H,4,14H2,1-3H3,(H,28,31)/b10-7+. The molecular weight excluding hydrogens is 494 g/mol. The highest BCUT2D eigenvalue weighted by Crippen LogP contribution is 2.33. The molecule has 1 aliphatic rings. The molecule has 0 aliphatic carbocycles. The molecule has 0 atom stereocenters. The van der Waals surface area contributed by atoms with Crippen LogP contribution in [0.5, 0.6) is 11.5 Å². The van der Waals surface area contributed by atoms with Crippen molar-refractivity contribution in [2.45, 2.75) is 20.8 Å². The van der Waals surface area contributed by atoms with Crippen LogP contribution >= 0.6 is 11.3 Å². The molecule has 1 aliphatic heterocycles. The summed E-state index contributed by atoms with van der Waals surface area (Å²) in [5.41, 5.74) is 2.83. The van der Waals surface area contributed by atoms with E-state index in [0.717, 1.165) is 28.0 Å². The lowest BCUT2D eigenvalue weighted by Gasteiger charge is -2.11. The van der Waals surface area contributed by atoms with E-state index in [9.17, 15) is 14.4 Å². The Morgan fingerprint density at radius 1 is 1.14 bits per heavy atom. The van der Waals surface area contributed by atoms with Crippen LogP contribution < -0.4 is 20.3 Å². The van der Waals surface area contributed by atoms with Gasteiger partial charge in [-0.05, 0) is 67.8 Å². The Morgan fingerprint density at radius 2 is 1.95 bits per heavy atom. The van der Waals surface area contributed by atoms with E-state index in [4.69, 9.17) is 14.2 Å². The fourth-order valence-electron chi connectivity index (χ4n) is 3.87. The number of nitrogens with one attached hydrogen (secondary N) is 1. The molecule has 3 heterocycles. The van der Waals surface area contributed by atoms with Crippen LogP contribution in [0.2, 0.25) is 0 Å². The summed E-state index contributed by atoms with van der Waals surface area (Å²) in [4.78, 5) is 39.1. The molecule has 37 heavy (non-hydrogen) atoms. The molecule has 5 rings (SSSR count). The monoisotopic (exact) mass is 517 g/mol. The summed E-state index contributed by atoms with van der Waals surface area (Å²) < 4.78 is 17.0. The molecule has 2 aromatic carbocycles. The van der Waals surface area contributed by atoms with Crippen molar-refractivity contribution in [3.05, 3.63) is 80.6 Å². The van der Waals surface area contributed by atoms with Crippen molar-refractivity contribution in [3.8, 4) is 17.2 Å². The summed E-state index contributed by atoms with van der Waals surface area (Å²) in [5, 5.41) is 9.56. The van der Waals surface area contributed by atoms with Crippen molar-refractivity contribution in [3.63, 3.8) is 0 Å². The van der Waals surface area contributed by atoms with Gasteiger partial charge in [-0.15, -0.1) is 11.3 Å². The quantitative estimate of drug-likeness (QED) is 0.294. The first-order valence-electron chi connectivity index (χ1n) is 11.5. The van der Waals surface area contributed by atoms with Crippen LogP contribution in [0, 0.1) is 13.8 Å². The number of hydrogen-bond acceptors (Lipinski definition) is 8. The topological polar surface area (TPSA) is 109 Å². The molecule has 188 valence electrons. The molecule has 0 radical (unpaired) electrons. The number of aromatic nitrogens is 2. The zero-order valence-electron chi connectivity index (χ0n) is 20.4. The number of ether oxygens (including phenoxy) is 3. The largest absolute Gasteiger partial charge is 0.461 e. The van der Waals surface area contributed by atoms with Gasteiger partial charge in [-0.2, -0.15) is 9.78 Å². The number of carbonyl (C=O) groups is 2. The SMILES string of the molecule is CCOC(=O)c1nn(-c2ccc(C)c(C)c2)c(=O)c2c(NC(=O)/C=C/c3ccc4c(c3)OCO4)scc12. The third-order valence-electron chi connectivity index (χ3n) is 5.92. The molecule has 1 N–H and O–H groups in total. The van der Waals surface area contributed by atoms with Crippen molar-refractivity contribution in [2.75, 3.05) is 18.7 Å². The summed E-state index contributed by atoms with van der Waals surface area (Å²) in [5.74, 6) is 0.173. The number of esters is 1. The van der Waals surface area contributed by atoms with Crippen LogP contribution in [0.3, 0.4) is 0 Å². The molecule has 4 aromatic rings. The molecule has 0 fully saturated rings. The van der Waals surface area contributed by atoms with Crippen LogP contribution in [-0.2, 0) is 9.53 Å². The van der Waals surface area contributed by atoms with Crippen LogP contribution in [0.1, 0.15) is 34.1 Å². The Kier molecular flexibility index (Phi) is 6.49. The Balaban J connectivity index is 1.53. The van der Waals surface area contributed by atoms with E-state index in [1.807, 2.05) is 26.0 Å². The molecule has 0 saturated heterocycles. The average molecular weight is 518 g/mol. The minimum atomic E-state index is -0.650. The zero-order valence-corrected chi connectivity index (χ0v) is 21.2. The van der Waals surface area contributed by atoms with Crippen LogP contribution in [0.4, 0.5) is 5.00 Å². The summed E-state index contributed by atoms with van der Waals surface area (Å²) in [6.07, 6.45) is 2.99. The molecule has 10 heteroatoms. The number of hydrogen-bond donors (Lipinski definition) is 1. The summed E-state index contributed by atoms with van der Waals surface area (Å²) >= 11 is 1.14. The third kappa shape index (κ3) is 4.70. The van der Waals surface area contributed by atoms with Gasteiger partial charge in [-0.3, -0.25) is 9.59 Å². The first-order valence-corrected chi connectivity index (χ1v) is 12.4. The van der Waals surface area contributed by atoms with Gasteiger partial charge in [0.25, 0.3) is 5.56 Å². The number of amides is 1. The number of benzene rings is 2. The molecular formula is C27H23N3O6S. The van der Waals surface area contributed by atoms with Gasteiger partial charge in [0.15, 0.2) is 17.2 Å². The van der Waals surface area contributed by atoms with E-state index in [2.05, 4.69) is 10.4 Å². The Morgan fingerprint density at radius 3 is 2.73 bits per heavy atom. The number of rotatable bonds is 6. The van der Waals surface area contributed by atoms with Crippen LogP contribution in [0.25, 0.3) is 22.5 Å². The first kappa shape index (κ1) is 24.3. The zero-order chi connectivity index (χ0) is 26.1. The first-order chi connectivity index (χ1) is 17.9.